The van der Waals surface area contributed by atoms with Crippen LogP contribution in [-0.2, 0) is 10.9 Å². The van der Waals surface area contributed by atoms with Crippen LogP contribution < -0.4 is 10.5 Å². The molecule has 0 amide bonds. The quantitative estimate of drug-likeness (QED) is 0.595. The lowest BCUT2D eigenvalue weighted by atomic mass is 10.0. The van der Waals surface area contributed by atoms with Gasteiger partial charge in [-0.3, -0.25) is 10.5 Å². The monoisotopic (exact) mass is 292 g/mol. The summed E-state index contributed by atoms with van der Waals surface area (Å²) < 4.78 is 23.9. The molecule has 0 saturated heterocycles. The minimum atomic E-state index is -2.72. The second-order valence-electron chi connectivity index (χ2n) is 3.91. The van der Waals surface area contributed by atoms with E-state index in [1.807, 2.05) is 42.5 Å². The van der Waals surface area contributed by atoms with Crippen LogP contribution in [0.4, 0.5) is 5.69 Å². The Morgan fingerprint density at radius 2 is 1.74 bits per heavy atom. The maximum Gasteiger partial charge on any atom is 0.222 e. The molecule has 0 unspecified atom stereocenters. The lowest BCUT2D eigenvalue weighted by Crippen LogP contribution is -2.12. The zero-order valence-corrected chi connectivity index (χ0v) is 11.9. The fraction of sp³-hybridized carbons (Fsp3) is 0. The summed E-state index contributed by atoms with van der Waals surface area (Å²) in [6.45, 7) is 0. The summed E-state index contributed by atoms with van der Waals surface area (Å²) in [5, 5.41) is 0. The molecule has 0 bridgehead atoms. The highest BCUT2D eigenvalue weighted by atomic mass is 32.2. The van der Waals surface area contributed by atoms with E-state index in [9.17, 15) is 8.42 Å². The Bertz CT molecular complexity index is 676. The second kappa shape index (κ2) is 5.97. The molecule has 0 heterocycles. The lowest BCUT2D eigenvalue weighted by molar-refractivity contribution is 0.619. The van der Waals surface area contributed by atoms with Gasteiger partial charge in [-0.2, -0.15) is 0 Å². The molecule has 0 saturated carbocycles. The van der Waals surface area contributed by atoms with Gasteiger partial charge in [0.05, 0.1) is 5.69 Å². The number of thiol groups is 1. The minimum absolute atomic E-state index is 0.372. The number of anilines is 1. The first-order valence-corrected chi connectivity index (χ1v) is 7.20. The molecular weight excluding hydrogens is 279 g/mol. The summed E-state index contributed by atoms with van der Waals surface area (Å²) in [6.07, 6.45) is 0. The molecule has 2 aromatic rings. The van der Waals surface area contributed by atoms with Gasteiger partial charge in [0.15, 0.2) is 0 Å². The fourth-order valence-corrected chi connectivity index (χ4v) is 2.37. The summed E-state index contributed by atoms with van der Waals surface area (Å²) in [5.74, 6) is 0. The highest BCUT2D eigenvalue weighted by Gasteiger charge is 2.07. The average molecular weight is 292 g/mol. The van der Waals surface area contributed by atoms with Crippen LogP contribution in [0.3, 0.4) is 0 Å². The van der Waals surface area contributed by atoms with E-state index in [1.165, 1.54) is 0 Å². The van der Waals surface area contributed by atoms with Crippen molar-refractivity contribution in [2.75, 3.05) is 4.72 Å². The molecule has 0 fully saturated rings. The third-order valence-corrected chi connectivity index (χ3v) is 3.32. The highest BCUT2D eigenvalue weighted by molar-refractivity contribution is 7.73. The van der Waals surface area contributed by atoms with Gasteiger partial charge in [-0.15, -0.1) is 8.86 Å². The van der Waals surface area contributed by atoms with Gasteiger partial charge in [-0.05, 0) is 23.3 Å². The second-order valence-corrected chi connectivity index (χ2v) is 5.19. The molecule has 0 aliphatic heterocycles. The van der Waals surface area contributed by atoms with Gasteiger partial charge in [0.25, 0.3) is 0 Å². The third kappa shape index (κ3) is 3.41. The van der Waals surface area contributed by atoms with Crippen molar-refractivity contribution in [3.8, 4) is 11.1 Å². The maximum absolute atomic E-state index is 10.8. The first-order valence-electron chi connectivity index (χ1n) is 5.53. The molecule has 0 spiro atoms. The first kappa shape index (κ1) is 13.7. The zero-order valence-electron chi connectivity index (χ0n) is 9.96. The molecular formula is C13H13N2O2PS. The molecule has 98 valence electrons. The maximum atomic E-state index is 10.8. The van der Waals surface area contributed by atoms with Gasteiger partial charge in [0.2, 0.25) is 10.9 Å². The zero-order chi connectivity index (χ0) is 13.8. The van der Waals surface area contributed by atoms with Crippen molar-refractivity contribution in [2.24, 2.45) is 5.73 Å². The molecule has 3 N–H and O–H groups in total. The summed E-state index contributed by atoms with van der Waals surface area (Å²) in [4.78, 5) is 0. The van der Waals surface area contributed by atoms with Crippen LogP contribution in [0.1, 0.15) is 5.56 Å². The lowest BCUT2D eigenvalue weighted by Gasteiger charge is -2.10. The van der Waals surface area contributed by atoms with E-state index in [1.54, 1.807) is 6.07 Å². The number of nitrogens with two attached hydrogens (primary N) is 1. The van der Waals surface area contributed by atoms with Crippen molar-refractivity contribution in [1.29, 1.82) is 0 Å². The standard InChI is InChI=1S/C13H13N2O2PS/c14-13(18)11-8-10(9-4-2-1-3-5-9)6-7-12(11)15-19(16)17/h1-8,18-19H,14H2,(H,15,16,17). The number of nitrogens with one attached hydrogen (secondary N) is 1. The predicted molar refractivity (Wildman–Crippen MR) is 82.4 cm³/mol. The predicted octanol–water partition coefficient (Wildman–Crippen LogP) is 1.87. The van der Waals surface area contributed by atoms with E-state index >= 15 is 0 Å². The van der Waals surface area contributed by atoms with Crippen LogP contribution in [-0.4, -0.2) is 13.8 Å². The highest BCUT2D eigenvalue weighted by Crippen LogP contribution is 2.25. The number of hydrogen-bond donors (Lipinski definition) is 3. The van der Waals surface area contributed by atoms with E-state index in [0.717, 1.165) is 11.1 Å². The normalized spacial score (nSPS) is 10.4. The molecule has 0 radical (unpaired) electrons. The van der Waals surface area contributed by atoms with Gasteiger partial charge in [-0.25, -0.2) is 8.42 Å². The third-order valence-electron chi connectivity index (χ3n) is 2.63. The smallest absolute Gasteiger partial charge is 0.222 e. The summed E-state index contributed by atoms with van der Waals surface area (Å²) in [5.41, 5.74) is 9.16. The van der Waals surface area contributed by atoms with Crippen molar-refractivity contribution >= 4 is 30.9 Å². The Morgan fingerprint density at radius 3 is 2.32 bits per heavy atom. The molecule has 0 aliphatic carbocycles. The van der Waals surface area contributed by atoms with E-state index in [2.05, 4.69) is 13.6 Å². The molecule has 19 heavy (non-hydrogen) atoms. The van der Waals surface area contributed by atoms with Crippen LogP contribution >= 0.6 is 8.86 Å². The Morgan fingerprint density at radius 1 is 1.05 bits per heavy atom. The van der Waals surface area contributed by atoms with Crippen LogP contribution in [0.2, 0.25) is 0 Å². The Hall–Kier alpha value is -1.68. The van der Waals surface area contributed by atoms with Crippen molar-refractivity contribution in [3.63, 3.8) is 0 Å². The Labute approximate surface area is 115 Å². The average Bonchev–Trinajstić information content (AvgIpc) is 2.39. The van der Waals surface area contributed by atoms with Crippen LogP contribution in [0, 0.1) is 0 Å². The van der Waals surface area contributed by atoms with Gasteiger partial charge >= 0.3 is 0 Å². The van der Waals surface area contributed by atoms with E-state index in [-0.39, 0.29) is 0 Å². The summed E-state index contributed by atoms with van der Waals surface area (Å²) in [7, 11) is 0.519. The van der Waals surface area contributed by atoms with Crippen LogP contribution in [0.15, 0.2) is 48.5 Å². The van der Waals surface area contributed by atoms with Gasteiger partial charge in [0.1, 0.15) is 0 Å². The number of rotatable bonds is 4. The SMILES string of the molecule is NC(=P)c1cc(-c2ccccc2)ccc1N[SH](=O)=O. The van der Waals surface area contributed by atoms with Crippen molar-refractivity contribution in [1.82, 2.24) is 0 Å². The van der Waals surface area contributed by atoms with E-state index in [0.29, 0.717) is 16.7 Å². The first-order chi connectivity index (χ1) is 9.08. The summed E-state index contributed by atoms with van der Waals surface area (Å²) >= 11 is 0. The van der Waals surface area contributed by atoms with Gasteiger partial charge < -0.3 is 0 Å². The van der Waals surface area contributed by atoms with Crippen LogP contribution in [0.25, 0.3) is 11.1 Å². The van der Waals surface area contributed by atoms with Gasteiger partial charge in [-0.1, -0.05) is 36.4 Å². The Kier molecular flexibility index (Phi) is 4.32. The molecule has 0 atom stereocenters. The topological polar surface area (TPSA) is 72.2 Å². The molecule has 2 rings (SSSR count). The fourth-order valence-electron chi connectivity index (χ4n) is 1.77. The number of hydrogen-bond acceptors (Lipinski definition) is 2. The van der Waals surface area contributed by atoms with Crippen molar-refractivity contribution in [3.05, 3.63) is 54.1 Å². The molecule has 2 aromatic carbocycles. The largest absolute Gasteiger partial charge is 0.299 e. The molecule has 0 aromatic heterocycles. The van der Waals surface area contributed by atoms with E-state index < -0.39 is 10.9 Å². The molecule has 4 nitrogen and oxygen atoms in total. The van der Waals surface area contributed by atoms with E-state index in [4.69, 9.17) is 5.73 Å². The van der Waals surface area contributed by atoms with Crippen LogP contribution in [0.5, 0.6) is 0 Å². The van der Waals surface area contributed by atoms with Crippen molar-refractivity contribution in [2.45, 2.75) is 0 Å². The van der Waals surface area contributed by atoms with Crippen molar-refractivity contribution < 1.29 is 8.42 Å². The minimum Gasteiger partial charge on any atom is -0.299 e. The van der Waals surface area contributed by atoms with Gasteiger partial charge in [0, 0.05) is 11.0 Å². The summed E-state index contributed by atoms with van der Waals surface area (Å²) in [6, 6.07) is 15.1. The number of benzene rings is 2. The molecule has 0 aliphatic rings. The molecule has 6 heteroatoms. The Balaban J connectivity index is 2.51.